The van der Waals surface area contributed by atoms with Gasteiger partial charge in [0, 0.05) is 28.1 Å². The van der Waals surface area contributed by atoms with Crippen LogP contribution in [0.4, 0.5) is 0 Å². The van der Waals surface area contributed by atoms with Crippen molar-refractivity contribution in [3.8, 4) is 22.8 Å². The number of allylic oxidation sites excluding steroid dienone is 2. The van der Waals surface area contributed by atoms with Gasteiger partial charge in [-0.3, -0.25) is 0 Å². The zero-order valence-electron chi connectivity index (χ0n) is 24.6. The van der Waals surface area contributed by atoms with Gasteiger partial charge in [-0.15, -0.1) is 0 Å². The summed E-state index contributed by atoms with van der Waals surface area (Å²) in [5.74, 6) is 1.49. The highest BCUT2D eigenvalue weighted by atomic mass is 16.6. The molecule has 7 aromatic rings. The fourth-order valence-corrected chi connectivity index (χ4v) is 6.56. The highest BCUT2D eigenvalue weighted by Gasteiger charge is 2.25. The van der Waals surface area contributed by atoms with Gasteiger partial charge in [-0.05, 0) is 99.3 Å². The van der Waals surface area contributed by atoms with Crippen LogP contribution in [0.2, 0.25) is 6.82 Å². The van der Waals surface area contributed by atoms with E-state index in [1.54, 1.807) is 0 Å². The minimum Gasteiger partial charge on any atom is -0.525 e. The predicted molar refractivity (Wildman–Crippen MR) is 186 cm³/mol. The Kier molecular flexibility index (Phi) is 5.78. The van der Waals surface area contributed by atoms with Gasteiger partial charge in [0.25, 0.3) is 0 Å². The quantitative estimate of drug-likeness (QED) is 0.197. The van der Waals surface area contributed by atoms with E-state index in [0.29, 0.717) is 0 Å². The summed E-state index contributed by atoms with van der Waals surface area (Å²) in [5, 5.41) is 6.87. The van der Waals surface area contributed by atoms with Gasteiger partial charge < -0.3 is 14.3 Å². The van der Waals surface area contributed by atoms with E-state index >= 15 is 0 Å². The number of benzene rings is 6. The van der Waals surface area contributed by atoms with Crippen LogP contribution in [-0.4, -0.2) is 17.8 Å². The summed E-state index contributed by atoms with van der Waals surface area (Å²) in [5.41, 5.74) is 7.74. The number of aromatic amines is 1. The van der Waals surface area contributed by atoms with Gasteiger partial charge in [-0.2, -0.15) is 0 Å². The largest absolute Gasteiger partial charge is 0.591 e. The molecule has 0 fully saturated rings. The number of fused-ring (bicyclic) bond motifs is 10. The predicted octanol–water partition coefficient (Wildman–Crippen LogP) is 9.85. The Hall–Kier alpha value is -5.81. The molecule has 4 nitrogen and oxygen atoms in total. The Morgan fingerprint density at radius 3 is 1.78 bits per heavy atom. The van der Waals surface area contributed by atoms with Crippen molar-refractivity contribution in [1.29, 1.82) is 0 Å². The van der Waals surface area contributed by atoms with Crippen LogP contribution in [0.3, 0.4) is 0 Å². The van der Waals surface area contributed by atoms with Crippen molar-refractivity contribution in [3.63, 3.8) is 0 Å². The van der Waals surface area contributed by atoms with E-state index in [1.165, 1.54) is 10.8 Å². The SMILES string of the molecule is CB1Oc2cc3ccccc3cc2C2=NC(=C(c3ccc4ccccc4c3)c3ccc([nH]3)-c3cc4ccccc4cc3O1)C=C2. The lowest BCUT2D eigenvalue weighted by molar-refractivity contribution is 0.432. The van der Waals surface area contributed by atoms with E-state index < -0.39 is 7.12 Å². The molecule has 0 radical (unpaired) electrons. The summed E-state index contributed by atoms with van der Waals surface area (Å²) in [6, 6.07) is 44.6. The first kappa shape index (κ1) is 25.7. The van der Waals surface area contributed by atoms with Gasteiger partial charge in [0.15, 0.2) is 0 Å². The monoisotopic (exact) mass is 578 g/mol. The molecule has 0 aliphatic carbocycles. The van der Waals surface area contributed by atoms with Gasteiger partial charge >= 0.3 is 7.12 Å². The van der Waals surface area contributed by atoms with E-state index in [2.05, 4.69) is 138 Å². The molecule has 6 aromatic carbocycles. The number of H-pyrrole nitrogens is 1. The first-order valence-corrected chi connectivity index (χ1v) is 15.3. The Bertz CT molecular complexity index is 2420. The van der Waals surface area contributed by atoms with Crippen LogP contribution < -0.4 is 9.31 Å². The molecule has 212 valence electrons. The number of aliphatic imine (C=N–C) groups is 1. The molecule has 4 bridgehead atoms. The summed E-state index contributed by atoms with van der Waals surface area (Å²) >= 11 is 0. The second kappa shape index (κ2) is 10.1. The highest BCUT2D eigenvalue weighted by Crippen LogP contribution is 2.39. The van der Waals surface area contributed by atoms with Gasteiger partial charge in [0.2, 0.25) is 0 Å². The van der Waals surface area contributed by atoms with Crippen LogP contribution >= 0.6 is 0 Å². The van der Waals surface area contributed by atoms with Crippen molar-refractivity contribution in [2.45, 2.75) is 6.82 Å². The molecule has 1 N–H and O–H groups in total. The molecule has 45 heavy (non-hydrogen) atoms. The van der Waals surface area contributed by atoms with E-state index in [1.807, 2.05) is 12.9 Å². The molecule has 0 atom stereocenters. The van der Waals surface area contributed by atoms with Crippen molar-refractivity contribution in [2.75, 3.05) is 0 Å². The highest BCUT2D eigenvalue weighted by molar-refractivity contribution is 6.45. The topological polar surface area (TPSA) is 46.6 Å². The van der Waals surface area contributed by atoms with Gasteiger partial charge in [-0.25, -0.2) is 4.99 Å². The average Bonchev–Trinajstić information content (AvgIpc) is 3.75. The van der Waals surface area contributed by atoms with Crippen molar-refractivity contribution in [2.24, 2.45) is 4.99 Å². The molecule has 0 amide bonds. The molecule has 0 saturated heterocycles. The first-order valence-electron chi connectivity index (χ1n) is 15.3. The van der Waals surface area contributed by atoms with Crippen molar-refractivity contribution >= 4 is 50.7 Å². The number of hydrogen-bond donors (Lipinski definition) is 1. The maximum Gasteiger partial charge on any atom is 0.591 e. The number of nitrogens with zero attached hydrogens (tertiary/aromatic N) is 1. The lowest BCUT2D eigenvalue weighted by Crippen LogP contribution is -2.26. The maximum absolute atomic E-state index is 6.61. The zero-order valence-corrected chi connectivity index (χ0v) is 24.6. The second-order valence-electron chi connectivity index (χ2n) is 11.6. The van der Waals surface area contributed by atoms with Crippen LogP contribution in [-0.2, 0) is 0 Å². The lowest BCUT2D eigenvalue weighted by Gasteiger charge is -2.19. The first-order chi connectivity index (χ1) is 22.2. The number of hydrogen-bond acceptors (Lipinski definition) is 3. The molecular formula is C40H27BN2O2. The Morgan fingerprint density at radius 2 is 1.09 bits per heavy atom. The minimum atomic E-state index is -0.559. The number of nitrogens with one attached hydrogen (secondary N) is 1. The molecule has 0 saturated carbocycles. The Balaban J connectivity index is 1.32. The van der Waals surface area contributed by atoms with Gasteiger partial charge in [-0.1, -0.05) is 84.9 Å². The molecular weight excluding hydrogens is 551 g/mol. The second-order valence-corrected chi connectivity index (χ2v) is 11.6. The molecule has 0 unspecified atom stereocenters. The lowest BCUT2D eigenvalue weighted by atomic mass is 9.92. The van der Waals surface area contributed by atoms with E-state index in [4.69, 9.17) is 14.3 Å². The van der Waals surface area contributed by atoms with E-state index in [9.17, 15) is 0 Å². The van der Waals surface area contributed by atoms with Gasteiger partial charge in [0.1, 0.15) is 11.5 Å². The zero-order chi connectivity index (χ0) is 29.9. The van der Waals surface area contributed by atoms with Crippen molar-refractivity contribution in [3.05, 3.63) is 162 Å². The van der Waals surface area contributed by atoms with Crippen LogP contribution in [0.5, 0.6) is 11.5 Å². The molecule has 1 aromatic heterocycles. The normalized spacial score (nSPS) is 14.2. The fraction of sp³-hybridized carbons (Fsp3) is 0.0250. The third kappa shape index (κ3) is 4.44. The fourth-order valence-electron chi connectivity index (χ4n) is 6.56. The van der Waals surface area contributed by atoms with Crippen molar-refractivity contribution < 1.29 is 9.31 Å². The molecule has 2 aliphatic rings. The summed E-state index contributed by atoms with van der Waals surface area (Å²) in [7, 11) is -0.559. The summed E-state index contributed by atoms with van der Waals surface area (Å²) in [6.45, 7) is 1.94. The molecule has 9 rings (SSSR count). The van der Waals surface area contributed by atoms with Crippen LogP contribution in [0.1, 0.15) is 16.8 Å². The van der Waals surface area contributed by atoms with Crippen LogP contribution in [0.25, 0.3) is 49.1 Å². The summed E-state index contributed by atoms with van der Waals surface area (Å²) in [4.78, 5) is 8.99. The Morgan fingerprint density at radius 1 is 0.533 bits per heavy atom. The third-order valence-corrected chi connectivity index (χ3v) is 8.74. The minimum absolute atomic E-state index is 0.559. The summed E-state index contributed by atoms with van der Waals surface area (Å²) < 4.78 is 13.2. The van der Waals surface area contributed by atoms with Crippen LogP contribution in [0.15, 0.2) is 150 Å². The molecule has 5 heteroatoms. The van der Waals surface area contributed by atoms with Gasteiger partial charge in [0.05, 0.1) is 11.4 Å². The average molecular weight is 578 g/mol. The maximum atomic E-state index is 6.61. The third-order valence-electron chi connectivity index (χ3n) is 8.74. The van der Waals surface area contributed by atoms with Crippen molar-refractivity contribution in [1.82, 2.24) is 4.98 Å². The molecule has 0 spiro atoms. The van der Waals surface area contributed by atoms with E-state index in [0.717, 1.165) is 78.1 Å². The number of rotatable bonds is 1. The molecule has 2 aliphatic heterocycles. The smallest absolute Gasteiger partial charge is 0.525 e. The Labute approximate surface area is 261 Å². The summed E-state index contributed by atoms with van der Waals surface area (Å²) in [6.07, 6.45) is 4.20. The molecule has 3 heterocycles. The van der Waals surface area contributed by atoms with E-state index in [-0.39, 0.29) is 0 Å². The number of aromatic nitrogens is 1. The van der Waals surface area contributed by atoms with Crippen LogP contribution in [0, 0.1) is 0 Å². The standard InChI is InChI=1S/C40H27BN2O2/c1-41-44-38-23-29-12-6-4-10-27(29)21-32(38)34-16-18-36(42-34)40(31-15-14-25-8-2-3-9-26(25)20-31)37-19-17-35(43-37)33-22-28-11-5-7-13-30(28)24-39(33)45-41/h2-24,42H,1H3.